The minimum absolute atomic E-state index is 0.0679. The summed E-state index contributed by atoms with van der Waals surface area (Å²) in [6.45, 7) is 8.37. The number of thioether (sulfide) groups is 1. The van der Waals surface area contributed by atoms with E-state index < -0.39 is 5.54 Å². The molecule has 33 heavy (non-hydrogen) atoms. The molecule has 1 fully saturated rings. The Morgan fingerprint density at radius 3 is 2.33 bits per heavy atom. The first-order chi connectivity index (χ1) is 15.7. The van der Waals surface area contributed by atoms with Crippen LogP contribution in [0, 0.1) is 17.2 Å². The standard InChI is InChI=1S/C26H29N5OS/c1-25(2,3)19-12-10-18(11-13-19)23-29-30-24(31(23)21-8-6-5-7-9-21)33-16-22(32)28-26(4,17-27)20-14-15-20/h5-13,20H,14-16H2,1-4H3,(H,28,32). The predicted octanol–water partition coefficient (Wildman–Crippen LogP) is 5.13. The molecule has 0 bridgehead atoms. The molecule has 1 amide bonds. The van der Waals surface area contributed by atoms with Crippen molar-refractivity contribution in [3.05, 3.63) is 60.2 Å². The molecule has 6 nitrogen and oxygen atoms in total. The quantitative estimate of drug-likeness (QED) is 0.495. The van der Waals surface area contributed by atoms with E-state index in [1.54, 1.807) is 6.92 Å². The fourth-order valence-corrected chi connectivity index (χ4v) is 4.57. The predicted molar refractivity (Wildman–Crippen MR) is 131 cm³/mol. The molecule has 0 saturated heterocycles. The van der Waals surface area contributed by atoms with E-state index >= 15 is 0 Å². The molecular formula is C26H29N5OS. The van der Waals surface area contributed by atoms with Crippen molar-refractivity contribution in [2.24, 2.45) is 5.92 Å². The molecule has 1 aliphatic carbocycles. The van der Waals surface area contributed by atoms with Gasteiger partial charge in [0.1, 0.15) is 5.54 Å². The zero-order chi connectivity index (χ0) is 23.6. The summed E-state index contributed by atoms with van der Waals surface area (Å²) in [5, 5.41) is 22.0. The molecule has 170 valence electrons. The van der Waals surface area contributed by atoms with Gasteiger partial charge in [0.25, 0.3) is 0 Å². The van der Waals surface area contributed by atoms with E-state index in [0.29, 0.717) is 5.16 Å². The second kappa shape index (κ2) is 9.03. The highest BCUT2D eigenvalue weighted by Crippen LogP contribution is 2.39. The fraction of sp³-hybridized carbons (Fsp3) is 0.385. The molecule has 1 atom stereocenters. The second-order valence-corrected chi connectivity index (χ2v) is 10.7. The molecule has 3 aromatic rings. The van der Waals surface area contributed by atoms with Gasteiger partial charge >= 0.3 is 0 Å². The lowest BCUT2D eigenvalue weighted by molar-refractivity contribution is -0.119. The Hall–Kier alpha value is -3.11. The summed E-state index contributed by atoms with van der Waals surface area (Å²) in [6, 6.07) is 20.6. The molecule has 2 aromatic carbocycles. The van der Waals surface area contributed by atoms with E-state index in [4.69, 9.17) is 0 Å². The lowest BCUT2D eigenvalue weighted by atomic mass is 9.87. The average molecular weight is 460 g/mol. The van der Waals surface area contributed by atoms with Crippen molar-refractivity contribution < 1.29 is 4.79 Å². The van der Waals surface area contributed by atoms with Crippen LogP contribution in [0.5, 0.6) is 0 Å². The van der Waals surface area contributed by atoms with E-state index in [1.165, 1.54) is 17.3 Å². The summed E-state index contributed by atoms with van der Waals surface area (Å²) in [5.41, 5.74) is 2.41. The molecule has 0 spiro atoms. The largest absolute Gasteiger partial charge is 0.337 e. The number of nitrogens with zero attached hydrogens (tertiary/aromatic N) is 4. The molecule has 0 radical (unpaired) electrons. The van der Waals surface area contributed by atoms with Crippen LogP contribution in [-0.2, 0) is 10.2 Å². The zero-order valence-electron chi connectivity index (χ0n) is 19.5. The Bertz CT molecular complexity index is 1170. The van der Waals surface area contributed by atoms with Gasteiger partial charge in [-0.15, -0.1) is 10.2 Å². The molecule has 1 unspecified atom stereocenters. The second-order valence-electron chi connectivity index (χ2n) is 9.73. The Labute approximate surface area is 199 Å². The van der Waals surface area contributed by atoms with Crippen LogP contribution in [0.2, 0.25) is 0 Å². The lowest BCUT2D eigenvalue weighted by Crippen LogP contribution is -2.47. The Morgan fingerprint density at radius 1 is 1.09 bits per heavy atom. The van der Waals surface area contributed by atoms with Crippen molar-refractivity contribution in [1.29, 1.82) is 5.26 Å². The number of carbonyl (C=O) groups excluding carboxylic acids is 1. The Kier molecular flexibility index (Phi) is 6.31. The third-order valence-corrected chi connectivity index (χ3v) is 6.94. The monoisotopic (exact) mass is 459 g/mol. The van der Waals surface area contributed by atoms with Crippen LogP contribution in [0.25, 0.3) is 17.1 Å². The first-order valence-corrected chi connectivity index (χ1v) is 12.2. The third-order valence-electron chi connectivity index (χ3n) is 6.01. The number of carbonyl (C=O) groups is 1. The van der Waals surface area contributed by atoms with Crippen molar-refractivity contribution in [2.45, 2.75) is 56.6 Å². The van der Waals surface area contributed by atoms with Crippen LogP contribution >= 0.6 is 11.8 Å². The normalized spacial score (nSPS) is 15.5. The molecule has 1 saturated carbocycles. The number of rotatable bonds is 7. The van der Waals surface area contributed by atoms with Gasteiger partial charge in [-0.05, 0) is 48.8 Å². The van der Waals surface area contributed by atoms with Gasteiger partial charge in [-0.1, -0.05) is 75.0 Å². The molecular weight excluding hydrogens is 430 g/mol. The molecule has 1 aromatic heterocycles. The number of hydrogen-bond acceptors (Lipinski definition) is 5. The zero-order valence-corrected chi connectivity index (χ0v) is 20.3. The summed E-state index contributed by atoms with van der Waals surface area (Å²) < 4.78 is 1.98. The van der Waals surface area contributed by atoms with Crippen LogP contribution in [0.1, 0.15) is 46.1 Å². The molecule has 1 heterocycles. The number of amides is 1. The first-order valence-electron chi connectivity index (χ1n) is 11.2. The average Bonchev–Trinajstić information content (AvgIpc) is 3.58. The van der Waals surface area contributed by atoms with E-state index in [0.717, 1.165) is 29.9 Å². The fourth-order valence-electron chi connectivity index (χ4n) is 3.82. The first kappa shape index (κ1) is 23.1. The summed E-state index contributed by atoms with van der Waals surface area (Å²) in [6.07, 6.45) is 1.97. The lowest BCUT2D eigenvalue weighted by Gasteiger charge is -2.22. The van der Waals surface area contributed by atoms with Crippen molar-refractivity contribution in [1.82, 2.24) is 20.1 Å². The third kappa shape index (κ3) is 5.12. The van der Waals surface area contributed by atoms with Gasteiger partial charge in [-0.2, -0.15) is 5.26 Å². The SMILES string of the molecule is CC(C)(C)c1ccc(-c2nnc(SCC(=O)NC(C)(C#N)C3CC3)n2-c2ccccc2)cc1. The van der Waals surface area contributed by atoms with Crippen LogP contribution in [0.3, 0.4) is 0 Å². The summed E-state index contributed by atoms with van der Waals surface area (Å²) in [5.74, 6) is 0.962. The maximum atomic E-state index is 12.6. The molecule has 1 aliphatic rings. The maximum Gasteiger partial charge on any atom is 0.231 e. The number of hydrogen-bond donors (Lipinski definition) is 1. The molecule has 4 rings (SSSR count). The van der Waals surface area contributed by atoms with Gasteiger partial charge in [0.15, 0.2) is 11.0 Å². The van der Waals surface area contributed by atoms with Crippen molar-refractivity contribution in [3.63, 3.8) is 0 Å². The van der Waals surface area contributed by atoms with Gasteiger partial charge in [0.05, 0.1) is 11.8 Å². The highest BCUT2D eigenvalue weighted by molar-refractivity contribution is 7.99. The van der Waals surface area contributed by atoms with E-state index in [2.05, 4.69) is 66.6 Å². The van der Waals surface area contributed by atoms with Crippen LogP contribution in [0.4, 0.5) is 0 Å². The summed E-state index contributed by atoms with van der Waals surface area (Å²) >= 11 is 1.32. The van der Waals surface area contributed by atoms with E-state index in [-0.39, 0.29) is 23.0 Å². The summed E-state index contributed by atoms with van der Waals surface area (Å²) in [7, 11) is 0. The topological polar surface area (TPSA) is 83.6 Å². The number of aromatic nitrogens is 3. The number of nitriles is 1. The summed E-state index contributed by atoms with van der Waals surface area (Å²) in [4.78, 5) is 12.6. The minimum atomic E-state index is -0.801. The Balaban J connectivity index is 1.59. The maximum absolute atomic E-state index is 12.6. The van der Waals surface area contributed by atoms with Crippen LogP contribution in [0.15, 0.2) is 59.8 Å². The van der Waals surface area contributed by atoms with Crippen molar-refractivity contribution in [3.8, 4) is 23.1 Å². The number of benzene rings is 2. The molecule has 7 heteroatoms. The highest BCUT2D eigenvalue weighted by atomic mass is 32.2. The van der Waals surface area contributed by atoms with Crippen LogP contribution < -0.4 is 5.32 Å². The van der Waals surface area contributed by atoms with Gasteiger partial charge in [-0.25, -0.2) is 0 Å². The van der Waals surface area contributed by atoms with E-state index in [9.17, 15) is 10.1 Å². The number of para-hydroxylation sites is 1. The smallest absolute Gasteiger partial charge is 0.231 e. The van der Waals surface area contributed by atoms with Gasteiger partial charge in [0.2, 0.25) is 5.91 Å². The van der Waals surface area contributed by atoms with Crippen molar-refractivity contribution in [2.75, 3.05) is 5.75 Å². The minimum Gasteiger partial charge on any atom is -0.337 e. The van der Waals surface area contributed by atoms with Crippen LogP contribution in [-0.4, -0.2) is 32.0 Å². The molecule has 1 N–H and O–H groups in total. The van der Waals surface area contributed by atoms with E-state index in [1.807, 2.05) is 34.9 Å². The highest BCUT2D eigenvalue weighted by Gasteiger charge is 2.43. The Morgan fingerprint density at radius 2 is 1.76 bits per heavy atom. The number of nitrogens with one attached hydrogen (secondary N) is 1. The van der Waals surface area contributed by atoms with Crippen molar-refractivity contribution >= 4 is 17.7 Å². The van der Waals surface area contributed by atoms with Gasteiger partial charge in [0, 0.05) is 11.3 Å². The van der Waals surface area contributed by atoms with Gasteiger partial charge < -0.3 is 5.32 Å². The van der Waals surface area contributed by atoms with Gasteiger partial charge in [-0.3, -0.25) is 9.36 Å². The molecule has 0 aliphatic heterocycles.